The Morgan fingerprint density at radius 2 is 1.75 bits per heavy atom. The van der Waals surface area contributed by atoms with Gasteiger partial charge in [-0.2, -0.15) is 5.10 Å². The molecule has 0 bridgehead atoms. The number of rotatable bonds is 2. The predicted octanol–water partition coefficient (Wildman–Crippen LogP) is 5.90. The molecule has 0 spiro atoms. The number of halogens is 5. The zero-order chi connectivity index (χ0) is 17.6. The normalized spacial score (nSPS) is 11.1. The number of aryl methyl sites for hydroxylation is 2. The minimum Gasteiger partial charge on any atom is -0.267 e. The molecule has 3 rings (SSSR count). The molecule has 124 valence electrons. The van der Waals surface area contributed by atoms with Gasteiger partial charge in [-0.15, -0.1) is 0 Å². The summed E-state index contributed by atoms with van der Waals surface area (Å²) in [4.78, 5) is 0. The minimum atomic E-state index is -0.789. The monoisotopic (exact) mass is 414 g/mol. The van der Waals surface area contributed by atoms with Crippen molar-refractivity contribution in [3.05, 3.63) is 63.0 Å². The summed E-state index contributed by atoms with van der Waals surface area (Å²) in [5.74, 6) is -1.95. The van der Waals surface area contributed by atoms with Gasteiger partial charge in [0.15, 0.2) is 0 Å². The quantitative estimate of drug-likeness (QED) is 0.510. The lowest BCUT2D eigenvalue weighted by molar-refractivity contribution is 0.584. The molecule has 2 aromatic carbocycles. The fourth-order valence-corrected chi connectivity index (χ4v) is 3.56. The fraction of sp³-hybridized carbons (Fsp3) is 0.118. The van der Waals surface area contributed by atoms with Gasteiger partial charge in [0.1, 0.15) is 17.5 Å². The Labute approximate surface area is 150 Å². The van der Waals surface area contributed by atoms with Gasteiger partial charge in [0.2, 0.25) is 0 Å². The van der Waals surface area contributed by atoms with E-state index in [1.54, 1.807) is 20.0 Å². The Balaban J connectivity index is 2.36. The van der Waals surface area contributed by atoms with Crippen LogP contribution in [0.15, 0.2) is 34.8 Å². The first-order valence-electron chi connectivity index (χ1n) is 6.93. The van der Waals surface area contributed by atoms with Gasteiger partial charge in [0, 0.05) is 28.7 Å². The van der Waals surface area contributed by atoms with Gasteiger partial charge in [0.25, 0.3) is 0 Å². The van der Waals surface area contributed by atoms with Crippen LogP contribution in [0.2, 0.25) is 5.02 Å². The zero-order valence-electron chi connectivity index (χ0n) is 12.7. The second kappa shape index (κ2) is 6.26. The van der Waals surface area contributed by atoms with Crippen molar-refractivity contribution in [2.45, 2.75) is 6.92 Å². The van der Waals surface area contributed by atoms with E-state index in [9.17, 15) is 13.2 Å². The highest BCUT2D eigenvalue weighted by molar-refractivity contribution is 9.10. The van der Waals surface area contributed by atoms with Crippen LogP contribution in [0.25, 0.3) is 22.4 Å². The van der Waals surface area contributed by atoms with E-state index in [0.717, 1.165) is 12.1 Å². The topological polar surface area (TPSA) is 17.8 Å². The van der Waals surface area contributed by atoms with E-state index >= 15 is 0 Å². The van der Waals surface area contributed by atoms with Crippen molar-refractivity contribution in [1.29, 1.82) is 0 Å². The van der Waals surface area contributed by atoms with Crippen LogP contribution >= 0.6 is 27.5 Å². The first-order chi connectivity index (χ1) is 11.3. The van der Waals surface area contributed by atoms with E-state index < -0.39 is 17.5 Å². The Morgan fingerprint density at radius 3 is 2.38 bits per heavy atom. The van der Waals surface area contributed by atoms with Crippen LogP contribution in [0.4, 0.5) is 13.2 Å². The lowest BCUT2D eigenvalue weighted by atomic mass is 9.98. The van der Waals surface area contributed by atoms with Crippen molar-refractivity contribution in [3.8, 4) is 22.4 Å². The molecule has 3 aromatic rings. The van der Waals surface area contributed by atoms with Crippen LogP contribution in [0, 0.1) is 24.4 Å². The van der Waals surface area contributed by atoms with Crippen LogP contribution in [0.5, 0.6) is 0 Å². The highest BCUT2D eigenvalue weighted by Crippen LogP contribution is 2.41. The lowest BCUT2D eigenvalue weighted by Crippen LogP contribution is -1.98. The molecule has 0 fully saturated rings. The van der Waals surface area contributed by atoms with Crippen molar-refractivity contribution >= 4 is 27.5 Å². The molecule has 0 saturated carbocycles. The third kappa shape index (κ3) is 2.84. The Bertz CT molecular complexity index is 930. The molecule has 24 heavy (non-hydrogen) atoms. The Kier molecular flexibility index (Phi) is 4.44. The van der Waals surface area contributed by atoms with Gasteiger partial charge in [-0.1, -0.05) is 33.6 Å². The maximum absolute atomic E-state index is 14.4. The molecule has 0 aliphatic rings. The molecule has 0 unspecified atom stereocenters. The van der Waals surface area contributed by atoms with Crippen LogP contribution in [-0.2, 0) is 7.05 Å². The highest BCUT2D eigenvalue weighted by atomic mass is 79.9. The highest BCUT2D eigenvalue weighted by Gasteiger charge is 2.24. The molecule has 0 N–H and O–H groups in total. The van der Waals surface area contributed by atoms with Crippen molar-refractivity contribution in [3.63, 3.8) is 0 Å². The molecule has 1 aromatic heterocycles. The fourth-order valence-electron chi connectivity index (χ4n) is 2.73. The summed E-state index contributed by atoms with van der Waals surface area (Å²) in [6.45, 7) is 1.75. The van der Waals surface area contributed by atoms with Crippen LogP contribution < -0.4 is 0 Å². The Hall–Kier alpha value is -1.79. The van der Waals surface area contributed by atoms with E-state index in [2.05, 4.69) is 21.0 Å². The maximum atomic E-state index is 14.4. The van der Waals surface area contributed by atoms with E-state index in [0.29, 0.717) is 27.0 Å². The van der Waals surface area contributed by atoms with E-state index in [1.165, 1.54) is 16.8 Å². The summed E-state index contributed by atoms with van der Waals surface area (Å²) in [6, 6.07) is 6.01. The summed E-state index contributed by atoms with van der Waals surface area (Å²) in [5.41, 5.74) is 2.28. The van der Waals surface area contributed by atoms with Gasteiger partial charge in [-0.3, -0.25) is 4.68 Å². The molecular weight excluding hydrogens is 405 g/mol. The lowest BCUT2D eigenvalue weighted by Gasteiger charge is -2.12. The zero-order valence-corrected chi connectivity index (χ0v) is 15.0. The van der Waals surface area contributed by atoms with Crippen LogP contribution in [-0.4, -0.2) is 9.78 Å². The number of aromatic nitrogens is 2. The molecule has 0 saturated heterocycles. The van der Waals surface area contributed by atoms with E-state index in [4.69, 9.17) is 11.6 Å². The smallest absolute Gasteiger partial charge is 0.137 e. The SMILES string of the molecule is Cc1nn(C)c(-c2c(F)cc(F)cc2Cl)c1-c1ccc(F)cc1Br. The molecule has 0 aliphatic carbocycles. The van der Waals surface area contributed by atoms with Crippen LogP contribution in [0.1, 0.15) is 5.69 Å². The van der Waals surface area contributed by atoms with Gasteiger partial charge in [-0.05, 0) is 25.1 Å². The van der Waals surface area contributed by atoms with Gasteiger partial charge in [0.05, 0.1) is 22.0 Å². The summed E-state index contributed by atoms with van der Waals surface area (Å²) >= 11 is 9.40. The summed E-state index contributed by atoms with van der Waals surface area (Å²) in [7, 11) is 1.64. The number of hydrogen-bond acceptors (Lipinski definition) is 1. The van der Waals surface area contributed by atoms with E-state index in [1.807, 2.05) is 0 Å². The second-order valence-electron chi connectivity index (χ2n) is 5.30. The number of hydrogen-bond donors (Lipinski definition) is 0. The number of benzene rings is 2. The van der Waals surface area contributed by atoms with Crippen molar-refractivity contribution < 1.29 is 13.2 Å². The van der Waals surface area contributed by atoms with Crippen molar-refractivity contribution in [1.82, 2.24) is 9.78 Å². The first-order valence-corrected chi connectivity index (χ1v) is 8.10. The maximum Gasteiger partial charge on any atom is 0.137 e. The summed E-state index contributed by atoms with van der Waals surface area (Å²) < 4.78 is 43.1. The molecule has 0 amide bonds. The Morgan fingerprint density at radius 1 is 1.04 bits per heavy atom. The number of nitrogens with zero attached hydrogens (tertiary/aromatic N) is 2. The van der Waals surface area contributed by atoms with Gasteiger partial charge in [-0.25, -0.2) is 13.2 Å². The van der Waals surface area contributed by atoms with Crippen molar-refractivity contribution in [2.24, 2.45) is 7.05 Å². The average Bonchev–Trinajstić information content (AvgIpc) is 2.73. The predicted molar refractivity (Wildman–Crippen MR) is 91.4 cm³/mol. The average molecular weight is 416 g/mol. The largest absolute Gasteiger partial charge is 0.267 e. The summed E-state index contributed by atoms with van der Waals surface area (Å²) in [5, 5.41) is 4.25. The van der Waals surface area contributed by atoms with Crippen molar-refractivity contribution in [2.75, 3.05) is 0 Å². The molecule has 7 heteroatoms. The van der Waals surface area contributed by atoms with E-state index in [-0.39, 0.29) is 10.6 Å². The second-order valence-corrected chi connectivity index (χ2v) is 6.56. The molecule has 2 nitrogen and oxygen atoms in total. The summed E-state index contributed by atoms with van der Waals surface area (Å²) in [6.07, 6.45) is 0. The molecular formula is C17H11BrClF3N2. The van der Waals surface area contributed by atoms with Crippen LogP contribution in [0.3, 0.4) is 0 Å². The minimum absolute atomic E-state index is 0.0485. The molecule has 0 atom stereocenters. The van der Waals surface area contributed by atoms with Gasteiger partial charge >= 0.3 is 0 Å². The standard InChI is InChI=1S/C17H11BrClF3N2/c1-8-15(11-4-3-9(20)5-12(11)18)17(24(2)23-8)16-13(19)6-10(21)7-14(16)22/h3-7H,1-2H3. The molecule has 0 radical (unpaired) electrons. The first kappa shape index (κ1) is 17.0. The third-order valence-corrected chi connectivity index (χ3v) is 4.62. The molecule has 0 aliphatic heterocycles. The third-order valence-electron chi connectivity index (χ3n) is 3.67. The molecule has 1 heterocycles. The van der Waals surface area contributed by atoms with Gasteiger partial charge < -0.3 is 0 Å².